The van der Waals surface area contributed by atoms with Gasteiger partial charge in [0.25, 0.3) is 0 Å². The highest BCUT2D eigenvalue weighted by molar-refractivity contribution is 5.76. The molecule has 0 spiro atoms. The van der Waals surface area contributed by atoms with Gasteiger partial charge in [-0.25, -0.2) is 0 Å². The Morgan fingerprint density at radius 3 is 2.50 bits per heavy atom. The summed E-state index contributed by atoms with van der Waals surface area (Å²) in [6, 6.07) is 0.0163. The molecule has 0 aromatic heterocycles. The summed E-state index contributed by atoms with van der Waals surface area (Å²) < 4.78 is 0. The SMILES string of the molecule is O=C(CCC1CCC1)NC1CCCCC1O. The average Bonchev–Trinajstić information content (AvgIpc) is 2.19. The standard InChI is InChI=1S/C13H23NO2/c15-12-7-2-1-6-11(12)14-13(16)9-8-10-4-3-5-10/h10-12,15H,1-9H2,(H,14,16). The number of carbonyl (C=O) groups excluding carboxylic acids is 1. The summed E-state index contributed by atoms with van der Waals surface area (Å²) in [6.45, 7) is 0. The molecule has 0 aliphatic heterocycles. The first-order chi connectivity index (χ1) is 7.75. The van der Waals surface area contributed by atoms with Crippen molar-refractivity contribution in [3.8, 4) is 0 Å². The molecule has 2 fully saturated rings. The van der Waals surface area contributed by atoms with Crippen molar-refractivity contribution >= 4 is 5.91 Å². The minimum Gasteiger partial charge on any atom is -0.391 e. The van der Waals surface area contributed by atoms with Crippen molar-refractivity contribution in [2.24, 2.45) is 5.92 Å². The molecule has 0 aromatic carbocycles. The van der Waals surface area contributed by atoms with E-state index < -0.39 is 0 Å². The summed E-state index contributed by atoms with van der Waals surface area (Å²) in [5.41, 5.74) is 0. The van der Waals surface area contributed by atoms with E-state index in [9.17, 15) is 9.90 Å². The maximum atomic E-state index is 11.7. The Morgan fingerprint density at radius 1 is 1.12 bits per heavy atom. The molecule has 0 aromatic rings. The van der Waals surface area contributed by atoms with Crippen LogP contribution in [0, 0.1) is 5.92 Å². The Labute approximate surface area is 97.6 Å². The van der Waals surface area contributed by atoms with Gasteiger partial charge in [0.15, 0.2) is 0 Å². The second-order valence-electron chi connectivity index (χ2n) is 5.36. The number of carbonyl (C=O) groups is 1. The monoisotopic (exact) mass is 225 g/mol. The number of aliphatic hydroxyl groups is 1. The Hall–Kier alpha value is -0.570. The number of amides is 1. The van der Waals surface area contributed by atoms with Crippen LogP contribution in [0.1, 0.15) is 57.8 Å². The van der Waals surface area contributed by atoms with E-state index in [0.717, 1.165) is 38.0 Å². The van der Waals surface area contributed by atoms with Gasteiger partial charge in [-0.1, -0.05) is 32.1 Å². The third-order valence-electron chi connectivity index (χ3n) is 4.08. The van der Waals surface area contributed by atoms with Crippen molar-refractivity contribution in [3.05, 3.63) is 0 Å². The Balaban J connectivity index is 1.64. The molecule has 0 saturated heterocycles. The van der Waals surface area contributed by atoms with E-state index in [1.807, 2.05) is 0 Å². The van der Waals surface area contributed by atoms with Crippen LogP contribution in [0.15, 0.2) is 0 Å². The van der Waals surface area contributed by atoms with Gasteiger partial charge < -0.3 is 10.4 Å². The highest BCUT2D eigenvalue weighted by Gasteiger charge is 2.25. The lowest BCUT2D eigenvalue weighted by atomic mass is 9.82. The van der Waals surface area contributed by atoms with E-state index in [0.29, 0.717) is 6.42 Å². The van der Waals surface area contributed by atoms with Gasteiger partial charge in [0.05, 0.1) is 12.1 Å². The molecule has 0 radical (unpaired) electrons. The fraction of sp³-hybridized carbons (Fsp3) is 0.923. The maximum absolute atomic E-state index is 11.7. The summed E-state index contributed by atoms with van der Waals surface area (Å²) in [7, 11) is 0. The maximum Gasteiger partial charge on any atom is 0.220 e. The van der Waals surface area contributed by atoms with Crippen molar-refractivity contribution in [1.82, 2.24) is 5.32 Å². The lowest BCUT2D eigenvalue weighted by Crippen LogP contribution is -2.45. The van der Waals surface area contributed by atoms with E-state index in [-0.39, 0.29) is 18.1 Å². The molecule has 3 heteroatoms. The van der Waals surface area contributed by atoms with Gasteiger partial charge in [0.1, 0.15) is 0 Å². The molecule has 2 aliphatic carbocycles. The average molecular weight is 225 g/mol. The molecule has 1 amide bonds. The molecule has 2 saturated carbocycles. The summed E-state index contributed by atoms with van der Waals surface area (Å²) in [6.07, 6.45) is 9.32. The fourth-order valence-electron chi connectivity index (χ4n) is 2.68. The third kappa shape index (κ3) is 3.21. The number of hydrogen-bond acceptors (Lipinski definition) is 2. The lowest BCUT2D eigenvalue weighted by Gasteiger charge is -2.29. The molecule has 16 heavy (non-hydrogen) atoms. The van der Waals surface area contributed by atoms with Crippen molar-refractivity contribution in [3.63, 3.8) is 0 Å². The zero-order valence-electron chi connectivity index (χ0n) is 9.95. The van der Waals surface area contributed by atoms with Crippen molar-refractivity contribution in [1.29, 1.82) is 0 Å². The zero-order valence-corrected chi connectivity index (χ0v) is 9.95. The molecule has 0 bridgehead atoms. The first-order valence-corrected chi connectivity index (χ1v) is 6.73. The predicted octanol–water partition coefficient (Wildman–Crippen LogP) is 1.99. The van der Waals surface area contributed by atoms with Gasteiger partial charge in [-0.15, -0.1) is 0 Å². The topological polar surface area (TPSA) is 49.3 Å². The third-order valence-corrected chi connectivity index (χ3v) is 4.08. The van der Waals surface area contributed by atoms with Gasteiger partial charge in [-0.05, 0) is 25.2 Å². The molecular formula is C13H23NO2. The molecule has 2 atom stereocenters. The summed E-state index contributed by atoms with van der Waals surface area (Å²) in [5, 5.41) is 12.7. The molecule has 2 aliphatic rings. The molecule has 2 unspecified atom stereocenters. The van der Waals surface area contributed by atoms with E-state index in [1.54, 1.807) is 0 Å². The molecular weight excluding hydrogens is 202 g/mol. The summed E-state index contributed by atoms with van der Waals surface area (Å²) >= 11 is 0. The van der Waals surface area contributed by atoms with E-state index in [4.69, 9.17) is 0 Å². The van der Waals surface area contributed by atoms with Crippen molar-refractivity contribution in [2.75, 3.05) is 0 Å². The first-order valence-electron chi connectivity index (χ1n) is 6.73. The quantitative estimate of drug-likeness (QED) is 0.768. The van der Waals surface area contributed by atoms with Crippen LogP contribution in [0.2, 0.25) is 0 Å². The summed E-state index contributed by atoms with van der Waals surface area (Å²) in [5.74, 6) is 0.930. The predicted molar refractivity (Wildman–Crippen MR) is 63.0 cm³/mol. The second-order valence-corrected chi connectivity index (χ2v) is 5.36. The highest BCUT2D eigenvalue weighted by Crippen LogP contribution is 2.30. The fourth-order valence-corrected chi connectivity index (χ4v) is 2.68. The summed E-state index contributed by atoms with van der Waals surface area (Å²) in [4.78, 5) is 11.7. The van der Waals surface area contributed by atoms with E-state index in [1.165, 1.54) is 19.3 Å². The van der Waals surface area contributed by atoms with Crippen LogP contribution in [0.4, 0.5) is 0 Å². The van der Waals surface area contributed by atoms with Gasteiger partial charge in [0.2, 0.25) is 5.91 Å². The highest BCUT2D eigenvalue weighted by atomic mass is 16.3. The van der Waals surface area contributed by atoms with Crippen LogP contribution in [-0.2, 0) is 4.79 Å². The Morgan fingerprint density at radius 2 is 1.88 bits per heavy atom. The molecule has 0 heterocycles. The Kier molecular flexibility index (Phi) is 4.22. The first kappa shape index (κ1) is 11.9. The normalized spacial score (nSPS) is 30.8. The Bertz CT molecular complexity index is 238. The molecule has 2 N–H and O–H groups in total. The van der Waals surface area contributed by atoms with Crippen LogP contribution in [0.3, 0.4) is 0 Å². The minimum absolute atomic E-state index is 0.0163. The van der Waals surface area contributed by atoms with Gasteiger partial charge in [-0.3, -0.25) is 4.79 Å². The van der Waals surface area contributed by atoms with Gasteiger partial charge >= 0.3 is 0 Å². The zero-order chi connectivity index (χ0) is 11.4. The van der Waals surface area contributed by atoms with Gasteiger partial charge in [-0.2, -0.15) is 0 Å². The number of rotatable bonds is 4. The van der Waals surface area contributed by atoms with E-state index >= 15 is 0 Å². The second kappa shape index (κ2) is 5.67. The van der Waals surface area contributed by atoms with E-state index in [2.05, 4.69) is 5.32 Å². The largest absolute Gasteiger partial charge is 0.391 e. The smallest absolute Gasteiger partial charge is 0.220 e. The van der Waals surface area contributed by atoms with Gasteiger partial charge in [0, 0.05) is 6.42 Å². The van der Waals surface area contributed by atoms with Crippen LogP contribution in [0.25, 0.3) is 0 Å². The van der Waals surface area contributed by atoms with Crippen LogP contribution >= 0.6 is 0 Å². The minimum atomic E-state index is -0.318. The van der Waals surface area contributed by atoms with Crippen LogP contribution < -0.4 is 5.32 Å². The lowest BCUT2D eigenvalue weighted by molar-refractivity contribution is -0.123. The molecule has 2 rings (SSSR count). The van der Waals surface area contributed by atoms with Crippen LogP contribution in [-0.4, -0.2) is 23.2 Å². The van der Waals surface area contributed by atoms with Crippen molar-refractivity contribution in [2.45, 2.75) is 69.9 Å². The number of aliphatic hydroxyl groups excluding tert-OH is 1. The molecule has 92 valence electrons. The van der Waals surface area contributed by atoms with Crippen molar-refractivity contribution < 1.29 is 9.90 Å². The molecule has 3 nitrogen and oxygen atoms in total. The number of hydrogen-bond donors (Lipinski definition) is 2. The number of nitrogens with one attached hydrogen (secondary N) is 1. The van der Waals surface area contributed by atoms with Crippen LogP contribution in [0.5, 0.6) is 0 Å².